The second kappa shape index (κ2) is 7.94. The molecule has 2 aromatic heterocycles. The zero-order valence-corrected chi connectivity index (χ0v) is 18.3. The number of thiophene rings is 1. The number of ether oxygens (including phenoxy) is 1. The summed E-state index contributed by atoms with van der Waals surface area (Å²) in [6.07, 6.45) is 1.31. The summed E-state index contributed by atoms with van der Waals surface area (Å²) in [6, 6.07) is 10.8. The van der Waals surface area contributed by atoms with E-state index in [2.05, 4.69) is 26.1 Å². The van der Waals surface area contributed by atoms with Gasteiger partial charge in [-0.2, -0.15) is 9.29 Å². The highest BCUT2D eigenvalue weighted by molar-refractivity contribution is 9.11. The summed E-state index contributed by atoms with van der Waals surface area (Å²) in [4.78, 5) is 4.52. The minimum Gasteiger partial charge on any atom is -0.497 e. The van der Waals surface area contributed by atoms with Crippen LogP contribution in [0.1, 0.15) is 24.6 Å². The topological polar surface area (TPSA) is 85.5 Å². The van der Waals surface area contributed by atoms with Gasteiger partial charge >= 0.3 is 0 Å². The zero-order valence-electron chi connectivity index (χ0n) is 15.0. The van der Waals surface area contributed by atoms with Crippen molar-refractivity contribution in [1.82, 2.24) is 14.4 Å². The van der Waals surface area contributed by atoms with Crippen molar-refractivity contribution >= 4 is 37.3 Å². The molecule has 0 atom stereocenters. The quantitative estimate of drug-likeness (QED) is 0.541. The Morgan fingerprint density at radius 3 is 2.71 bits per heavy atom. The SMILES string of the molecule is COc1cccc(-c2nc(C3CCN(S(=O)(=O)c4ccc(Br)s4)CC3)no2)c1. The molecule has 148 valence electrons. The van der Waals surface area contributed by atoms with Crippen LogP contribution in [-0.4, -0.2) is 43.1 Å². The lowest BCUT2D eigenvalue weighted by Gasteiger charge is -2.29. The van der Waals surface area contributed by atoms with E-state index in [-0.39, 0.29) is 5.92 Å². The van der Waals surface area contributed by atoms with Gasteiger partial charge in [0.15, 0.2) is 5.82 Å². The van der Waals surface area contributed by atoms with Crippen LogP contribution in [0.15, 0.2) is 48.9 Å². The molecule has 0 aliphatic carbocycles. The summed E-state index contributed by atoms with van der Waals surface area (Å²) in [6.45, 7) is 0.872. The number of nitrogens with zero attached hydrogens (tertiary/aromatic N) is 3. The Balaban J connectivity index is 1.45. The number of halogens is 1. The van der Waals surface area contributed by atoms with Crippen LogP contribution in [0.3, 0.4) is 0 Å². The number of methoxy groups -OCH3 is 1. The van der Waals surface area contributed by atoms with Gasteiger partial charge in [-0.25, -0.2) is 8.42 Å². The van der Waals surface area contributed by atoms with Crippen LogP contribution in [0, 0.1) is 0 Å². The highest BCUT2D eigenvalue weighted by Crippen LogP contribution is 2.33. The third-order valence-electron chi connectivity index (χ3n) is 4.72. The molecule has 1 fully saturated rings. The van der Waals surface area contributed by atoms with Gasteiger partial charge in [-0.1, -0.05) is 11.2 Å². The highest BCUT2D eigenvalue weighted by Gasteiger charge is 2.32. The van der Waals surface area contributed by atoms with E-state index in [1.54, 1.807) is 19.2 Å². The van der Waals surface area contributed by atoms with E-state index in [1.807, 2.05) is 24.3 Å². The van der Waals surface area contributed by atoms with Gasteiger partial charge in [0.05, 0.1) is 10.9 Å². The summed E-state index contributed by atoms with van der Waals surface area (Å²) in [7, 11) is -1.84. The fraction of sp³-hybridized carbons (Fsp3) is 0.333. The molecule has 1 saturated heterocycles. The Morgan fingerprint density at radius 2 is 2.04 bits per heavy atom. The number of hydrogen-bond acceptors (Lipinski definition) is 7. The van der Waals surface area contributed by atoms with Crippen molar-refractivity contribution < 1.29 is 17.7 Å². The average molecular weight is 484 g/mol. The molecule has 1 aliphatic heterocycles. The standard InChI is InChI=1S/C18H18BrN3O4S2/c1-25-14-4-2-3-13(11-14)18-20-17(21-26-18)12-7-9-22(10-8-12)28(23,24)16-6-5-15(19)27-16/h2-6,11-12H,7-10H2,1H3. The van der Waals surface area contributed by atoms with E-state index in [9.17, 15) is 8.42 Å². The molecular weight excluding hydrogens is 466 g/mol. The molecule has 7 nitrogen and oxygen atoms in total. The number of piperidine rings is 1. The van der Waals surface area contributed by atoms with Crippen LogP contribution in [0.25, 0.3) is 11.5 Å². The maximum atomic E-state index is 12.7. The summed E-state index contributed by atoms with van der Waals surface area (Å²) in [5, 5.41) is 4.12. The van der Waals surface area contributed by atoms with Gasteiger partial charge < -0.3 is 9.26 Å². The van der Waals surface area contributed by atoms with Crippen LogP contribution >= 0.6 is 27.3 Å². The first-order valence-electron chi connectivity index (χ1n) is 8.71. The summed E-state index contributed by atoms with van der Waals surface area (Å²) >= 11 is 4.55. The molecule has 0 radical (unpaired) electrons. The van der Waals surface area contributed by atoms with Gasteiger partial charge in [-0.05, 0) is 59.1 Å². The van der Waals surface area contributed by atoms with E-state index in [4.69, 9.17) is 9.26 Å². The Labute approximate surface area is 175 Å². The van der Waals surface area contributed by atoms with Crippen LogP contribution in [-0.2, 0) is 10.0 Å². The third-order valence-corrected chi connectivity index (χ3v) is 8.71. The predicted octanol–water partition coefficient (Wildman–Crippen LogP) is 4.14. The smallest absolute Gasteiger partial charge is 0.258 e. The van der Waals surface area contributed by atoms with E-state index in [1.165, 1.54) is 15.6 Å². The van der Waals surface area contributed by atoms with Gasteiger partial charge in [0, 0.05) is 24.6 Å². The lowest BCUT2D eigenvalue weighted by molar-refractivity contribution is 0.307. The molecule has 10 heteroatoms. The fourth-order valence-electron chi connectivity index (χ4n) is 3.19. The third kappa shape index (κ3) is 3.86. The molecule has 0 unspecified atom stereocenters. The highest BCUT2D eigenvalue weighted by atomic mass is 79.9. The molecule has 3 aromatic rings. The molecular formula is C18H18BrN3O4S2. The molecule has 0 N–H and O–H groups in total. The molecule has 0 saturated carbocycles. The van der Waals surface area contributed by atoms with E-state index in [0.717, 1.165) is 15.1 Å². The first kappa shape index (κ1) is 19.6. The van der Waals surface area contributed by atoms with Gasteiger partial charge in [-0.3, -0.25) is 0 Å². The Morgan fingerprint density at radius 1 is 1.25 bits per heavy atom. The van der Waals surface area contributed by atoms with E-state index >= 15 is 0 Å². The van der Waals surface area contributed by atoms with Crippen LogP contribution in [0.2, 0.25) is 0 Å². The molecule has 1 aliphatic rings. The molecule has 28 heavy (non-hydrogen) atoms. The molecule has 0 spiro atoms. The van der Waals surface area contributed by atoms with Gasteiger partial charge in [0.25, 0.3) is 15.9 Å². The molecule has 0 bridgehead atoms. The number of hydrogen-bond donors (Lipinski definition) is 0. The zero-order chi connectivity index (χ0) is 19.7. The van der Waals surface area contributed by atoms with Crippen LogP contribution in [0.5, 0.6) is 5.75 Å². The lowest BCUT2D eigenvalue weighted by atomic mass is 9.97. The van der Waals surface area contributed by atoms with Crippen molar-refractivity contribution in [2.24, 2.45) is 0 Å². The summed E-state index contributed by atoms with van der Waals surface area (Å²) < 4.78 is 38.8. The molecule has 4 rings (SSSR count). The largest absolute Gasteiger partial charge is 0.497 e. The van der Waals surface area contributed by atoms with Crippen molar-refractivity contribution in [2.45, 2.75) is 23.0 Å². The minimum atomic E-state index is -3.45. The maximum absolute atomic E-state index is 12.7. The number of rotatable bonds is 5. The predicted molar refractivity (Wildman–Crippen MR) is 109 cm³/mol. The molecule has 3 heterocycles. The van der Waals surface area contributed by atoms with Crippen molar-refractivity contribution in [2.75, 3.05) is 20.2 Å². The summed E-state index contributed by atoms with van der Waals surface area (Å²) in [5.74, 6) is 1.85. The second-order valence-electron chi connectivity index (χ2n) is 6.43. The Kier molecular flexibility index (Phi) is 5.55. The first-order valence-corrected chi connectivity index (χ1v) is 11.8. The Bertz CT molecular complexity index is 1070. The first-order chi connectivity index (χ1) is 13.5. The lowest BCUT2D eigenvalue weighted by Crippen LogP contribution is -2.37. The molecule has 0 amide bonds. The van der Waals surface area contributed by atoms with Crippen molar-refractivity contribution in [1.29, 1.82) is 0 Å². The van der Waals surface area contributed by atoms with Crippen LogP contribution < -0.4 is 4.74 Å². The van der Waals surface area contributed by atoms with Crippen molar-refractivity contribution in [3.8, 4) is 17.2 Å². The second-order valence-corrected chi connectivity index (χ2v) is 11.1. The maximum Gasteiger partial charge on any atom is 0.258 e. The number of sulfonamides is 1. The normalized spacial score (nSPS) is 16.4. The number of aromatic nitrogens is 2. The van der Waals surface area contributed by atoms with Gasteiger partial charge in [0.1, 0.15) is 9.96 Å². The van der Waals surface area contributed by atoms with E-state index in [0.29, 0.717) is 41.9 Å². The Hall–Kier alpha value is -1.75. The average Bonchev–Trinajstić information content (AvgIpc) is 3.38. The van der Waals surface area contributed by atoms with Gasteiger partial charge in [0.2, 0.25) is 0 Å². The molecule has 1 aromatic carbocycles. The fourth-order valence-corrected chi connectivity index (χ4v) is 6.83. The number of benzene rings is 1. The van der Waals surface area contributed by atoms with Crippen molar-refractivity contribution in [3.05, 3.63) is 46.0 Å². The van der Waals surface area contributed by atoms with Crippen LogP contribution in [0.4, 0.5) is 0 Å². The van der Waals surface area contributed by atoms with Gasteiger partial charge in [-0.15, -0.1) is 11.3 Å². The monoisotopic (exact) mass is 483 g/mol. The summed E-state index contributed by atoms with van der Waals surface area (Å²) in [5.41, 5.74) is 0.793. The van der Waals surface area contributed by atoms with Crippen molar-refractivity contribution in [3.63, 3.8) is 0 Å². The minimum absolute atomic E-state index is 0.0737. The van der Waals surface area contributed by atoms with E-state index < -0.39 is 10.0 Å².